The van der Waals surface area contributed by atoms with Crippen molar-refractivity contribution < 1.29 is 14.3 Å². The zero-order valence-electron chi connectivity index (χ0n) is 6.42. The van der Waals surface area contributed by atoms with Crippen molar-refractivity contribution in [3.8, 4) is 0 Å². The monoisotopic (exact) mass is 157 g/mol. The van der Waals surface area contributed by atoms with Crippen LogP contribution in [-0.2, 0) is 14.3 Å². The fraction of sp³-hybridized carbons (Fsp3) is 0.571. The number of nitrogens with one attached hydrogen (secondary N) is 1. The van der Waals surface area contributed by atoms with Gasteiger partial charge >= 0.3 is 5.97 Å². The third-order valence-corrected chi connectivity index (χ3v) is 1.04. The number of ketones is 1. The second-order valence-corrected chi connectivity index (χ2v) is 1.92. The average Bonchev–Trinajstić information content (AvgIpc) is 2.01. The Bertz CT molecular complexity index is 165. The van der Waals surface area contributed by atoms with E-state index in [4.69, 9.17) is 5.41 Å². The SMILES string of the molecule is CCOC(=O)CCC(=O)C=N. The van der Waals surface area contributed by atoms with Crippen LogP contribution in [0.1, 0.15) is 19.8 Å². The number of Topliss-reactive ketones (excluding diaryl/α,β-unsaturated/α-hetero) is 1. The van der Waals surface area contributed by atoms with E-state index < -0.39 is 0 Å². The van der Waals surface area contributed by atoms with Crippen molar-refractivity contribution in [2.75, 3.05) is 6.61 Å². The van der Waals surface area contributed by atoms with Crippen molar-refractivity contribution in [3.63, 3.8) is 0 Å². The highest BCUT2D eigenvalue weighted by atomic mass is 16.5. The maximum atomic E-state index is 10.6. The van der Waals surface area contributed by atoms with Gasteiger partial charge in [-0.3, -0.25) is 9.59 Å². The Morgan fingerprint density at radius 2 is 2.09 bits per heavy atom. The Labute approximate surface area is 65.1 Å². The number of carbonyl (C=O) groups is 2. The second-order valence-electron chi connectivity index (χ2n) is 1.92. The van der Waals surface area contributed by atoms with Crippen molar-refractivity contribution in [1.29, 1.82) is 5.41 Å². The molecular weight excluding hydrogens is 146 g/mol. The van der Waals surface area contributed by atoms with Gasteiger partial charge in [0.15, 0.2) is 5.78 Å². The number of carbonyl (C=O) groups excluding carboxylic acids is 2. The predicted molar refractivity (Wildman–Crippen MR) is 39.7 cm³/mol. The van der Waals surface area contributed by atoms with Crippen LogP contribution in [0.25, 0.3) is 0 Å². The lowest BCUT2D eigenvalue weighted by molar-refractivity contribution is -0.143. The number of ether oxygens (including phenoxy) is 1. The number of rotatable bonds is 5. The van der Waals surface area contributed by atoms with Crippen LogP contribution in [0.2, 0.25) is 0 Å². The summed E-state index contributed by atoms with van der Waals surface area (Å²) in [5, 5.41) is 6.53. The van der Waals surface area contributed by atoms with E-state index in [0.717, 1.165) is 0 Å². The lowest BCUT2D eigenvalue weighted by atomic mass is 10.2. The highest BCUT2D eigenvalue weighted by Crippen LogP contribution is 1.92. The van der Waals surface area contributed by atoms with Crippen LogP contribution in [0.3, 0.4) is 0 Å². The van der Waals surface area contributed by atoms with E-state index in [2.05, 4.69) is 4.74 Å². The molecule has 0 aliphatic carbocycles. The maximum Gasteiger partial charge on any atom is 0.306 e. The van der Waals surface area contributed by atoms with Gasteiger partial charge in [-0.2, -0.15) is 0 Å². The molecule has 0 bridgehead atoms. The molecule has 0 aliphatic heterocycles. The molecule has 0 radical (unpaired) electrons. The Kier molecular flexibility index (Phi) is 4.98. The summed E-state index contributed by atoms with van der Waals surface area (Å²) in [5.41, 5.74) is 0. The first-order chi connectivity index (χ1) is 5.20. The average molecular weight is 157 g/mol. The summed E-state index contributed by atoms with van der Waals surface area (Å²) in [5.74, 6) is -0.735. The lowest BCUT2D eigenvalue weighted by Crippen LogP contribution is -2.07. The van der Waals surface area contributed by atoms with Crippen LogP contribution in [0, 0.1) is 5.41 Å². The van der Waals surface area contributed by atoms with Gasteiger partial charge in [-0.05, 0) is 6.92 Å². The fourth-order valence-corrected chi connectivity index (χ4v) is 0.531. The van der Waals surface area contributed by atoms with E-state index in [-0.39, 0.29) is 24.6 Å². The number of hydrogen-bond donors (Lipinski definition) is 1. The molecule has 0 aromatic carbocycles. The van der Waals surface area contributed by atoms with Crippen LogP contribution >= 0.6 is 0 Å². The van der Waals surface area contributed by atoms with E-state index in [9.17, 15) is 9.59 Å². The number of esters is 1. The Hall–Kier alpha value is -1.19. The lowest BCUT2D eigenvalue weighted by Gasteiger charge is -1.97. The molecule has 0 aromatic rings. The molecule has 0 amide bonds. The molecule has 0 saturated heterocycles. The molecule has 0 rings (SSSR count). The molecule has 0 aliphatic rings. The van der Waals surface area contributed by atoms with Gasteiger partial charge in [0.25, 0.3) is 0 Å². The van der Waals surface area contributed by atoms with E-state index in [1.807, 2.05) is 0 Å². The Balaban J connectivity index is 3.45. The third kappa shape index (κ3) is 5.26. The smallest absolute Gasteiger partial charge is 0.306 e. The van der Waals surface area contributed by atoms with Crippen LogP contribution < -0.4 is 0 Å². The standard InChI is InChI=1S/C7H11NO3/c1-2-11-7(10)4-3-6(9)5-8/h5,8H,2-4H2,1H3. The summed E-state index contributed by atoms with van der Waals surface area (Å²) in [6.45, 7) is 2.04. The molecule has 0 spiro atoms. The first-order valence-electron chi connectivity index (χ1n) is 3.39. The fourth-order valence-electron chi connectivity index (χ4n) is 0.531. The molecule has 4 nitrogen and oxygen atoms in total. The van der Waals surface area contributed by atoms with Crippen LogP contribution in [0.5, 0.6) is 0 Å². The number of hydrogen-bond acceptors (Lipinski definition) is 4. The highest BCUT2D eigenvalue weighted by molar-refractivity contribution is 6.26. The Morgan fingerprint density at radius 3 is 2.55 bits per heavy atom. The molecule has 0 atom stereocenters. The summed E-state index contributed by atoms with van der Waals surface area (Å²) < 4.78 is 4.57. The minimum absolute atomic E-state index is 0.0715. The van der Waals surface area contributed by atoms with Crippen LogP contribution in [0.4, 0.5) is 0 Å². The van der Waals surface area contributed by atoms with Gasteiger partial charge in [-0.1, -0.05) is 0 Å². The predicted octanol–water partition coefficient (Wildman–Crippen LogP) is 0.548. The summed E-state index contributed by atoms with van der Waals surface area (Å²) in [4.78, 5) is 21.1. The summed E-state index contributed by atoms with van der Waals surface area (Å²) >= 11 is 0. The topological polar surface area (TPSA) is 67.2 Å². The molecular formula is C7H11NO3. The summed E-state index contributed by atoms with van der Waals surface area (Å²) in [7, 11) is 0. The molecule has 0 unspecified atom stereocenters. The quantitative estimate of drug-likeness (QED) is 0.468. The van der Waals surface area contributed by atoms with Crippen molar-refractivity contribution in [3.05, 3.63) is 0 Å². The zero-order chi connectivity index (χ0) is 8.69. The first kappa shape index (κ1) is 9.81. The minimum Gasteiger partial charge on any atom is -0.466 e. The van der Waals surface area contributed by atoms with Gasteiger partial charge in [-0.25, -0.2) is 0 Å². The molecule has 11 heavy (non-hydrogen) atoms. The maximum absolute atomic E-state index is 10.6. The zero-order valence-corrected chi connectivity index (χ0v) is 6.42. The van der Waals surface area contributed by atoms with Gasteiger partial charge in [0.2, 0.25) is 0 Å². The molecule has 0 aromatic heterocycles. The molecule has 62 valence electrons. The van der Waals surface area contributed by atoms with E-state index in [1.165, 1.54) is 0 Å². The molecule has 4 heteroatoms. The largest absolute Gasteiger partial charge is 0.466 e. The van der Waals surface area contributed by atoms with E-state index >= 15 is 0 Å². The molecule has 1 N–H and O–H groups in total. The van der Waals surface area contributed by atoms with Crippen molar-refractivity contribution in [1.82, 2.24) is 0 Å². The second kappa shape index (κ2) is 5.58. The van der Waals surface area contributed by atoms with Gasteiger partial charge in [0.05, 0.1) is 19.2 Å². The molecule has 0 fully saturated rings. The van der Waals surface area contributed by atoms with Gasteiger partial charge in [-0.15, -0.1) is 0 Å². The van der Waals surface area contributed by atoms with Crippen LogP contribution in [0.15, 0.2) is 0 Å². The van der Waals surface area contributed by atoms with Crippen molar-refractivity contribution in [2.45, 2.75) is 19.8 Å². The van der Waals surface area contributed by atoms with Gasteiger partial charge < -0.3 is 10.1 Å². The van der Waals surface area contributed by atoms with Gasteiger partial charge in [0.1, 0.15) is 0 Å². The third-order valence-electron chi connectivity index (χ3n) is 1.04. The summed E-state index contributed by atoms with van der Waals surface area (Å²) in [6, 6.07) is 0. The van der Waals surface area contributed by atoms with E-state index in [0.29, 0.717) is 12.8 Å². The van der Waals surface area contributed by atoms with Crippen molar-refractivity contribution in [2.24, 2.45) is 0 Å². The molecule has 0 saturated carbocycles. The Morgan fingerprint density at radius 1 is 1.45 bits per heavy atom. The molecule has 0 heterocycles. The van der Waals surface area contributed by atoms with E-state index in [1.54, 1.807) is 6.92 Å². The minimum atomic E-state index is -0.386. The van der Waals surface area contributed by atoms with Gasteiger partial charge in [0, 0.05) is 6.42 Å². The van der Waals surface area contributed by atoms with Crippen LogP contribution in [-0.4, -0.2) is 24.6 Å². The highest BCUT2D eigenvalue weighted by Gasteiger charge is 2.04. The van der Waals surface area contributed by atoms with Crippen molar-refractivity contribution >= 4 is 18.0 Å². The first-order valence-corrected chi connectivity index (χ1v) is 3.39. The normalized spacial score (nSPS) is 8.82. The summed E-state index contributed by atoms with van der Waals surface area (Å²) in [6.07, 6.45) is 0.851.